The lowest BCUT2D eigenvalue weighted by Crippen LogP contribution is -2.44. The summed E-state index contributed by atoms with van der Waals surface area (Å²) < 4.78 is 0. The molecule has 0 atom stereocenters. The largest absolute Gasteiger partial charge is 0.356 e. The lowest BCUT2D eigenvalue weighted by Gasteiger charge is -2.27. The summed E-state index contributed by atoms with van der Waals surface area (Å²) >= 11 is 0. The molecule has 0 bridgehead atoms. The summed E-state index contributed by atoms with van der Waals surface area (Å²) in [6, 6.07) is 8.78. The molecule has 0 aliphatic rings. The number of aliphatic imine (C=N–C) groups is 1. The molecule has 1 rings (SSSR count). The molecule has 1 aromatic carbocycles. The normalized spacial score (nSPS) is 11.5. The number of hydrogen-bond acceptors (Lipinski definition) is 2. The summed E-state index contributed by atoms with van der Waals surface area (Å²) in [6.07, 6.45) is 1.51. The topological polar surface area (TPSA) is 56.7 Å². The molecule has 0 unspecified atom stereocenters. The number of nitrogens with one attached hydrogen (secondary N) is 2. The Morgan fingerprint density at radius 2 is 1.76 bits per heavy atom. The van der Waals surface area contributed by atoms with Crippen molar-refractivity contribution in [3.63, 3.8) is 0 Å². The molecule has 6 heteroatoms. The average molecular weight is 460 g/mol. The number of guanidine groups is 1. The molecule has 25 heavy (non-hydrogen) atoms. The zero-order chi connectivity index (χ0) is 18.2. The molecule has 0 saturated heterocycles. The molecule has 0 aromatic heterocycles. The van der Waals surface area contributed by atoms with Crippen LogP contribution in [0.3, 0.4) is 0 Å². The molecule has 0 fully saturated rings. The van der Waals surface area contributed by atoms with Gasteiger partial charge in [-0.05, 0) is 17.5 Å². The average Bonchev–Trinajstić information content (AvgIpc) is 2.57. The van der Waals surface area contributed by atoms with Crippen LogP contribution in [0, 0.1) is 0 Å². The first-order valence-corrected chi connectivity index (χ1v) is 8.54. The van der Waals surface area contributed by atoms with E-state index in [1.807, 2.05) is 0 Å². The molecule has 2 N–H and O–H groups in total. The van der Waals surface area contributed by atoms with Crippen LogP contribution in [0.5, 0.6) is 0 Å². The van der Waals surface area contributed by atoms with E-state index < -0.39 is 0 Å². The van der Waals surface area contributed by atoms with E-state index in [0.717, 1.165) is 18.9 Å². The van der Waals surface area contributed by atoms with E-state index in [1.165, 1.54) is 11.1 Å². The predicted molar refractivity (Wildman–Crippen MR) is 117 cm³/mol. The number of nitrogens with zero attached hydrogens (tertiary/aromatic N) is 2. The zero-order valence-electron chi connectivity index (χ0n) is 16.3. The lowest BCUT2D eigenvalue weighted by atomic mass is 9.84. The van der Waals surface area contributed by atoms with E-state index in [1.54, 1.807) is 26.0 Å². The molecule has 0 aliphatic heterocycles. The molecule has 1 aromatic rings. The molecule has 0 aliphatic carbocycles. The van der Waals surface area contributed by atoms with E-state index in [0.29, 0.717) is 13.0 Å². The maximum absolute atomic E-state index is 11.6. The fraction of sp³-hybridized carbons (Fsp3) is 0.579. The number of halogens is 1. The second-order valence-corrected chi connectivity index (χ2v) is 6.83. The van der Waals surface area contributed by atoms with Gasteiger partial charge in [0.15, 0.2) is 5.96 Å². The number of hydrogen-bond donors (Lipinski definition) is 2. The zero-order valence-corrected chi connectivity index (χ0v) is 18.7. The van der Waals surface area contributed by atoms with Gasteiger partial charge in [-0.25, -0.2) is 0 Å². The monoisotopic (exact) mass is 460 g/mol. The molecular weight excluding hydrogens is 427 g/mol. The smallest absolute Gasteiger partial charge is 0.223 e. The number of benzene rings is 1. The molecule has 1 amide bonds. The fourth-order valence-electron chi connectivity index (χ4n) is 2.33. The van der Waals surface area contributed by atoms with Crippen LogP contribution in [0.2, 0.25) is 0 Å². The Bertz CT molecular complexity index is 553. The number of rotatable bonds is 7. The van der Waals surface area contributed by atoms with Crippen molar-refractivity contribution in [2.24, 2.45) is 4.99 Å². The van der Waals surface area contributed by atoms with E-state index in [-0.39, 0.29) is 35.3 Å². The van der Waals surface area contributed by atoms with Gasteiger partial charge in [0.05, 0.1) is 0 Å². The predicted octanol–water partition coefficient (Wildman–Crippen LogP) is 2.79. The second-order valence-electron chi connectivity index (χ2n) is 6.83. The third-order valence-electron chi connectivity index (χ3n) is 4.20. The van der Waals surface area contributed by atoms with Crippen molar-refractivity contribution in [2.45, 2.75) is 39.0 Å². The van der Waals surface area contributed by atoms with Crippen LogP contribution in [0.4, 0.5) is 0 Å². The molecular formula is C19H33IN4O. The third-order valence-corrected chi connectivity index (χ3v) is 4.20. The van der Waals surface area contributed by atoms with Gasteiger partial charge in [-0.15, -0.1) is 24.0 Å². The first-order chi connectivity index (χ1) is 11.3. The molecule has 5 nitrogen and oxygen atoms in total. The quantitative estimate of drug-likeness (QED) is 0.374. The van der Waals surface area contributed by atoms with Crippen molar-refractivity contribution in [3.8, 4) is 0 Å². The van der Waals surface area contributed by atoms with Gasteiger partial charge in [0, 0.05) is 46.1 Å². The van der Waals surface area contributed by atoms with Crippen molar-refractivity contribution >= 4 is 35.8 Å². The molecule has 142 valence electrons. The number of amides is 1. The summed E-state index contributed by atoms with van der Waals surface area (Å²) in [5.41, 5.74) is 2.64. The summed E-state index contributed by atoms with van der Waals surface area (Å²) in [7, 11) is 5.27. The van der Waals surface area contributed by atoms with Crippen LogP contribution in [0.25, 0.3) is 0 Å². The van der Waals surface area contributed by atoms with Crippen LogP contribution >= 0.6 is 24.0 Å². The van der Waals surface area contributed by atoms with Crippen LogP contribution in [-0.2, 0) is 16.6 Å². The first kappa shape index (κ1) is 23.7. The molecule has 0 heterocycles. The maximum atomic E-state index is 11.6. The van der Waals surface area contributed by atoms with Gasteiger partial charge in [-0.3, -0.25) is 9.79 Å². The Hall–Kier alpha value is -1.31. The van der Waals surface area contributed by atoms with Crippen molar-refractivity contribution in [3.05, 3.63) is 35.4 Å². The SMILES string of the molecule is CCc1ccc(C(C)(C)CNC(=NC)NCCC(=O)N(C)C)cc1.I. The van der Waals surface area contributed by atoms with Gasteiger partial charge in [-0.2, -0.15) is 0 Å². The van der Waals surface area contributed by atoms with Crippen LogP contribution in [-0.4, -0.2) is 51.0 Å². The van der Waals surface area contributed by atoms with Crippen molar-refractivity contribution in [1.29, 1.82) is 0 Å². The van der Waals surface area contributed by atoms with E-state index >= 15 is 0 Å². The molecule has 0 radical (unpaired) electrons. The standard InChI is InChI=1S/C19H32N4O.HI/c1-7-15-8-10-16(11-9-15)19(2,3)14-22-18(20-4)21-13-12-17(24)23(5)6;/h8-11H,7,12-14H2,1-6H3,(H2,20,21,22);1H. The fourth-order valence-corrected chi connectivity index (χ4v) is 2.33. The first-order valence-electron chi connectivity index (χ1n) is 8.54. The van der Waals surface area contributed by atoms with Gasteiger partial charge < -0.3 is 15.5 Å². The maximum Gasteiger partial charge on any atom is 0.223 e. The van der Waals surface area contributed by atoms with Crippen LogP contribution < -0.4 is 10.6 Å². The highest BCUT2D eigenvalue weighted by Crippen LogP contribution is 2.22. The summed E-state index contributed by atoms with van der Waals surface area (Å²) in [5.74, 6) is 0.828. The summed E-state index contributed by atoms with van der Waals surface area (Å²) in [4.78, 5) is 17.4. The third kappa shape index (κ3) is 8.07. The number of carbonyl (C=O) groups excluding carboxylic acids is 1. The molecule has 0 saturated carbocycles. The van der Waals surface area contributed by atoms with Crippen molar-refractivity contribution < 1.29 is 4.79 Å². The minimum atomic E-state index is -0.0106. The summed E-state index contributed by atoms with van der Waals surface area (Å²) in [6.45, 7) is 7.92. The minimum Gasteiger partial charge on any atom is -0.356 e. The highest BCUT2D eigenvalue weighted by Gasteiger charge is 2.20. The Morgan fingerprint density at radius 1 is 1.16 bits per heavy atom. The van der Waals surface area contributed by atoms with Crippen LogP contribution in [0.1, 0.15) is 38.3 Å². The van der Waals surface area contributed by atoms with Crippen molar-refractivity contribution in [1.82, 2.24) is 15.5 Å². The summed E-state index contributed by atoms with van der Waals surface area (Å²) in [5, 5.41) is 6.54. The number of carbonyl (C=O) groups is 1. The van der Waals surface area contributed by atoms with Crippen molar-refractivity contribution in [2.75, 3.05) is 34.2 Å². The Morgan fingerprint density at radius 3 is 2.24 bits per heavy atom. The minimum absolute atomic E-state index is 0. The Balaban J connectivity index is 0.00000576. The molecule has 0 spiro atoms. The van der Waals surface area contributed by atoms with Gasteiger partial charge in [-0.1, -0.05) is 45.0 Å². The Labute approximate surface area is 169 Å². The van der Waals surface area contributed by atoms with Gasteiger partial charge in [0.25, 0.3) is 0 Å². The van der Waals surface area contributed by atoms with Gasteiger partial charge in [0.2, 0.25) is 5.91 Å². The highest BCUT2D eigenvalue weighted by molar-refractivity contribution is 14.0. The number of aryl methyl sites for hydroxylation is 1. The van der Waals surface area contributed by atoms with Crippen LogP contribution in [0.15, 0.2) is 29.3 Å². The second kappa shape index (κ2) is 11.3. The van der Waals surface area contributed by atoms with Gasteiger partial charge >= 0.3 is 0 Å². The lowest BCUT2D eigenvalue weighted by molar-refractivity contribution is -0.128. The van der Waals surface area contributed by atoms with E-state index in [9.17, 15) is 4.79 Å². The van der Waals surface area contributed by atoms with E-state index in [4.69, 9.17) is 0 Å². The van der Waals surface area contributed by atoms with Gasteiger partial charge in [0.1, 0.15) is 0 Å². The van der Waals surface area contributed by atoms with E-state index in [2.05, 4.69) is 60.7 Å². The Kier molecular flexibility index (Phi) is 10.7. The highest BCUT2D eigenvalue weighted by atomic mass is 127.